The maximum Gasteiger partial charge on any atom is 0.244 e. The lowest BCUT2D eigenvalue weighted by Crippen LogP contribution is -2.38. The fourth-order valence-corrected chi connectivity index (χ4v) is 11.2. The van der Waals surface area contributed by atoms with Crippen molar-refractivity contribution >= 4 is 32.8 Å². The second-order valence-corrected chi connectivity index (χ2v) is 23.1. The number of fused-ring (bicyclic) bond motifs is 12. The van der Waals surface area contributed by atoms with Crippen LogP contribution in [0, 0.1) is 17.7 Å². The summed E-state index contributed by atoms with van der Waals surface area (Å²) in [6.07, 6.45) is 5.58. The van der Waals surface area contributed by atoms with Gasteiger partial charge in [0.1, 0.15) is 17.3 Å². The molecule has 2 aliphatic rings. The zero-order valence-electron chi connectivity index (χ0n) is 41.2. The summed E-state index contributed by atoms with van der Waals surface area (Å²) in [5, 5.41) is 11.9. The first kappa shape index (κ1) is 42.7. The van der Waals surface area contributed by atoms with Gasteiger partial charge in [-0.2, -0.15) is 5.26 Å². The molecule has 3 aromatic heterocycles. The largest absolute Gasteiger partial charge is 0.458 e. The van der Waals surface area contributed by atoms with Gasteiger partial charge in [-0.15, -0.1) is 0 Å². The van der Waals surface area contributed by atoms with Crippen LogP contribution in [0.1, 0.15) is 133 Å². The molecule has 0 fully saturated rings. The monoisotopic (exact) mass is 877 g/mol. The van der Waals surface area contributed by atoms with Gasteiger partial charge in [0.25, 0.3) is 0 Å². The Morgan fingerprint density at radius 3 is 1.85 bits per heavy atom. The first-order valence-corrected chi connectivity index (χ1v) is 23.7. The number of aryl methyl sites for hydroxylation is 1. The quantitative estimate of drug-likeness (QED) is 0.131. The summed E-state index contributed by atoms with van der Waals surface area (Å²) >= 11 is 0. The maximum absolute atomic E-state index is 9.84. The molecule has 0 amide bonds. The number of para-hydroxylation sites is 1. The molecule has 6 heteroatoms. The van der Waals surface area contributed by atoms with E-state index in [9.17, 15) is 5.26 Å². The van der Waals surface area contributed by atoms with E-state index < -0.39 is 5.41 Å². The molecular formula is C61H59N5O. The van der Waals surface area contributed by atoms with E-state index in [0.717, 1.165) is 50.1 Å². The highest BCUT2D eigenvalue weighted by Crippen LogP contribution is 2.65. The SMILES string of the molecule is C[n+]1[c-]n2c3c(cccc31)C1(c3ccc(Oc4ccc5c6cc(C#N)ccc6n(-c6ccccn6)c5c4)cc3-2)c2c(cc(C(C)(C)C)cc2C(C)(C)C)-c2cc(C(C)(C)C)cc(C(C)(C)C)c21. The predicted octanol–water partition coefficient (Wildman–Crippen LogP) is 14.3. The average Bonchev–Trinajstić information content (AvgIpc) is 3.89. The molecule has 1 aliphatic heterocycles. The van der Waals surface area contributed by atoms with Gasteiger partial charge in [-0.3, -0.25) is 4.57 Å². The normalized spacial score (nSPS) is 14.1. The smallest absolute Gasteiger partial charge is 0.244 e. The summed E-state index contributed by atoms with van der Waals surface area (Å²) in [4.78, 5) is 4.76. The average molecular weight is 878 g/mol. The van der Waals surface area contributed by atoms with Crippen molar-refractivity contribution < 1.29 is 9.30 Å². The number of nitriles is 1. The Balaban J connectivity index is 1.22. The number of aromatic nitrogens is 4. The topological polar surface area (TPSA) is 59.6 Å². The minimum atomic E-state index is -0.671. The van der Waals surface area contributed by atoms with Crippen LogP contribution < -0.4 is 9.30 Å². The number of rotatable bonds is 3. The zero-order chi connectivity index (χ0) is 47.3. The van der Waals surface area contributed by atoms with Gasteiger partial charge in [-0.05, 0) is 132 Å². The molecule has 0 bridgehead atoms. The van der Waals surface area contributed by atoms with E-state index in [4.69, 9.17) is 9.72 Å². The molecule has 334 valence electrons. The van der Waals surface area contributed by atoms with Crippen LogP contribution in [0.2, 0.25) is 0 Å². The number of ether oxygens (including phenoxy) is 1. The van der Waals surface area contributed by atoms with Crippen molar-refractivity contribution in [1.82, 2.24) is 14.1 Å². The fourth-order valence-electron chi connectivity index (χ4n) is 11.2. The lowest BCUT2D eigenvalue weighted by molar-refractivity contribution is -0.649. The summed E-state index contributed by atoms with van der Waals surface area (Å²) in [5.41, 5.74) is 18.1. The van der Waals surface area contributed by atoms with Crippen LogP contribution in [0.25, 0.3) is 55.5 Å². The van der Waals surface area contributed by atoms with Gasteiger partial charge in [-0.25, -0.2) is 4.98 Å². The van der Waals surface area contributed by atoms with Crippen LogP contribution in [0.4, 0.5) is 0 Å². The van der Waals surface area contributed by atoms with Gasteiger partial charge in [-0.1, -0.05) is 138 Å². The number of nitrogens with zero attached hydrogens (tertiary/aromatic N) is 5. The molecule has 6 aromatic carbocycles. The first-order valence-electron chi connectivity index (χ1n) is 23.7. The molecule has 0 saturated carbocycles. The summed E-state index contributed by atoms with van der Waals surface area (Å²) in [6.45, 7) is 28.4. The molecule has 6 nitrogen and oxygen atoms in total. The molecule has 0 N–H and O–H groups in total. The Hall–Kier alpha value is -6.97. The molecular weight excluding hydrogens is 819 g/mol. The maximum atomic E-state index is 9.84. The molecule has 0 atom stereocenters. The number of hydrogen-bond acceptors (Lipinski definition) is 3. The lowest BCUT2D eigenvalue weighted by atomic mass is 9.60. The van der Waals surface area contributed by atoms with Crippen LogP contribution in [-0.4, -0.2) is 14.1 Å². The van der Waals surface area contributed by atoms with Gasteiger partial charge < -0.3 is 13.9 Å². The van der Waals surface area contributed by atoms with Crippen LogP contribution in [-0.2, 0) is 34.1 Å². The molecule has 0 saturated heterocycles. The van der Waals surface area contributed by atoms with Gasteiger partial charge in [0.2, 0.25) is 6.33 Å². The minimum absolute atomic E-state index is 0.0673. The fraction of sp³-hybridized carbons (Fsp3) is 0.295. The van der Waals surface area contributed by atoms with Crippen molar-refractivity contribution in [2.24, 2.45) is 7.05 Å². The molecule has 9 aromatic rings. The van der Waals surface area contributed by atoms with Gasteiger partial charge in [0, 0.05) is 23.0 Å². The van der Waals surface area contributed by atoms with E-state index in [2.05, 4.69) is 189 Å². The molecule has 0 radical (unpaired) electrons. The van der Waals surface area contributed by atoms with Crippen molar-refractivity contribution in [3.05, 3.63) is 178 Å². The highest BCUT2D eigenvalue weighted by molar-refractivity contribution is 6.10. The zero-order valence-corrected chi connectivity index (χ0v) is 41.2. The van der Waals surface area contributed by atoms with E-state index in [1.54, 1.807) is 0 Å². The van der Waals surface area contributed by atoms with Gasteiger partial charge in [0.05, 0.1) is 51.8 Å². The lowest BCUT2D eigenvalue weighted by Gasteiger charge is -2.45. The van der Waals surface area contributed by atoms with E-state index >= 15 is 0 Å². The molecule has 1 aliphatic carbocycles. The molecule has 11 rings (SSSR count). The number of pyridine rings is 1. The van der Waals surface area contributed by atoms with E-state index in [0.29, 0.717) is 11.3 Å². The van der Waals surface area contributed by atoms with Crippen molar-refractivity contribution in [2.45, 2.75) is 110 Å². The van der Waals surface area contributed by atoms with Crippen LogP contribution in [0.15, 0.2) is 121 Å². The summed E-state index contributed by atoms with van der Waals surface area (Å²) in [5.74, 6) is 2.24. The Labute approximate surface area is 395 Å². The summed E-state index contributed by atoms with van der Waals surface area (Å²) in [6, 6.07) is 44.1. The second-order valence-electron chi connectivity index (χ2n) is 23.1. The molecule has 67 heavy (non-hydrogen) atoms. The summed E-state index contributed by atoms with van der Waals surface area (Å²) < 4.78 is 13.6. The Morgan fingerprint density at radius 1 is 0.612 bits per heavy atom. The highest BCUT2D eigenvalue weighted by Gasteiger charge is 2.54. The van der Waals surface area contributed by atoms with E-state index in [1.807, 2.05) is 48.7 Å². The molecule has 0 unspecified atom stereocenters. The van der Waals surface area contributed by atoms with E-state index in [1.165, 1.54) is 55.6 Å². The minimum Gasteiger partial charge on any atom is -0.458 e. The van der Waals surface area contributed by atoms with Crippen LogP contribution >= 0.6 is 0 Å². The number of benzene rings is 6. The third kappa shape index (κ3) is 6.20. The van der Waals surface area contributed by atoms with Crippen LogP contribution in [0.3, 0.4) is 0 Å². The highest BCUT2D eigenvalue weighted by atomic mass is 16.5. The van der Waals surface area contributed by atoms with Crippen molar-refractivity contribution in [2.75, 3.05) is 0 Å². The molecule has 1 spiro atoms. The van der Waals surface area contributed by atoms with Gasteiger partial charge in [0.15, 0.2) is 0 Å². The molecule has 4 heterocycles. The van der Waals surface area contributed by atoms with Crippen molar-refractivity contribution in [1.29, 1.82) is 5.26 Å². The van der Waals surface area contributed by atoms with E-state index in [-0.39, 0.29) is 21.7 Å². The van der Waals surface area contributed by atoms with Gasteiger partial charge >= 0.3 is 0 Å². The summed E-state index contributed by atoms with van der Waals surface area (Å²) in [7, 11) is 2.11. The van der Waals surface area contributed by atoms with Crippen molar-refractivity contribution in [3.8, 4) is 40.2 Å². The number of imidazole rings is 1. The van der Waals surface area contributed by atoms with Crippen molar-refractivity contribution in [3.63, 3.8) is 0 Å². The first-order chi connectivity index (χ1) is 31.6. The predicted molar refractivity (Wildman–Crippen MR) is 272 cm³/mol. The number of hydrogen-bond donors (Lipinski definition) is 0. The Bertz CT molecular complexity index is 3520. The Morgan fingerprint density at radius 2 is 1.25 bits per heavy atom. The third-order valence-electron chi connectivity index (χ3n) is 14.5. The second kappa shape index (κ2) is 14.0. The standard InChI is InChI=1S/C61H59N5O/c1-57(2,3)37-28-43-44-29-38(58(4,5)6)31-48(60(10,11)12)55(44)61(54(43)47(30-37)59(7,8)9)45-24-22-40(33-52(45)65-35-64(13)50-18-16-17-46(61)56(50)65)67-39-21-23-41-42-27-36(34-62)20-25-49(42)66(51(41)32-39)53-19-14-15-26-63-53/h14-33H,1-13H3. The third-order valence-corrected chi connectivity index (χ3v) is 14.5. The van der Waals surface area contributed by atoms with Crippen LogP contribution in [0.5, 0.6) is 11.5 Å². The Kier molecular flexibility index (Phi) is 8.93.